The molecule has 1 N–H and O–H groups in total. The highest BCUT2D eigenvalue weighted by molar-refractivity contribution is 9.10. The van der Waals surface area contributed by atoms with Gasteiger partial charge in [-0.25, -0.2) is 4.98 Å². The Morgan fingerprint density at radius 1 is 1.56 bits per heavy atom. The van der Waals surface area contributed by atoms with E-state index < -0.39 is 0 Å². The summed E-state index contributed by atoms with van der Waals surface area (Å²) in [6, 6.07) is 2.31. The quantitative estimate of drug-likeness (QED) is 0.900. The Balaban J connectivity index is 2.25. The van der Waals surface area contributed by atoms with Gasteiger partial charge in [0, 0.05) is 14.7 Å². The van der Waals surface area contributed by atoms with Gasteiger partial charge in [-0.2, -0.15) is 0 Å². The molecule has 0 aliphatic carbocycles. The molecule has 2 aromatic heterocycles. The normalized spacial score (nSPS) is 12.9. The second kappa shape index (κ2) is 5.91. The van der Waals surface area contributed by atoms with E-state index in [9.17, 15) is 0 Å². The smallest absolute Gasteiger partial charge is 0.0864 e. The van der Waals surface area contributed by atoms with Crippen molar-refractivity contribution in [1.82, 2.24) is 10.3 Å². The second-order valence-corrected chi connectivity index (χ2v) is 5.95. The number of thiazole rings is 1. The van der Waals surface area contributed by atoms with Gasteiger partial charge in [0.2, 0.25) is 0 Å². The van der Waals surface area contributed by atoms with Gasteiger partial charge in [-0.05, 0) is 40.3 Å². The molecule has 16 heavy (non-hydrogen) atoms. The molecule has 2 aromatic rings. The van der Waals surface area contributed by atoms with Crippen molar-refractivity contribution in [2.45, 2.75) is 19.4 Å². The predicted molar refractivity (Wildman–Crippen MR) is 74.3 cm³/mol. The summed E-state index contributed by atoms with van der Waals surface area (Å²) in [7, 11) is 0. The summed E-state index contributed by atoms with van der Waals surface area (Å²) in [5.41, 5.74) is 3.00. The standard InChI is InChI=1S/C11H13BrN2S2/c1-2-4-13-10(9-6-15-7-14-9)11-8(12)3-5-16-11/h3,5-7,10,13H,2,4H2,1H3. The summed E-state index contributed by atoms with van der Waals surface area (Å²) in [4.78, 5) is 5.71. The Kier molecular flexibility index (Phi) is 4.52. The van der Waals surface area contributed by atoms with E-state index in [2.05, 4.69) is 50.0 Å². The molecule has 2 nitrogen and oxygen atoms in total. The third-order valence-corrected chi connectivity index (χ3v) is 4.79. The Bertz CT molecular complexity index is 425. The number of nitrogens with one attached hydrogen (secondary N) is 1. The summed E-state index contributed by atoms with van der Waals surface area (Å²) in [5.74, 6) is 0. The van der Waals surface area contributed by atoms with E-state index in [1.165, 1.54) is 9.35 Å². The molecule has 1 unspecified atom stereocenters. The summed E-state index contributed by atoms with van der Waals surface area (Å²) in [6.07, 6.45) is 1.13. The number of rotatable bonds is 5. The van der Waals surface area contributed by atoms with Crippen LogP contribution in [0.25, 0.3) is 0 Å². The molecule has 5 heteroatoms. The van der Waals surface area contributed by atoms with Crippen molar-refractivity contribution in [2.24, 2.45) is 0 Å². The molecule has 86 valence electrons. The lowest BCUT2D eigenvalue weighted by molar-refractivity contribution is 0.595. The van der Waals surface area contributed by atoms with E-state index in [4.69, 9.17) is 0 Å². The number of hydrogen-bond acceptors (Lipinski definition) is 4. The van der Waals surface area contributed by atoms with Crippen LogP contribution >= 0.6 is 38.6 Å². The van der Waals surface area contributed by atoms with Crippen LogP contribution in [0.1, 0.15) is 30.0 Å². The van der Waals surface area contributed by atoms with Gasteiger partial charge in [0.15, 0.2) is 0 Å². The van der Waals surface area contributed by atoms with Crippen molar-refractivity contribution in [1.29, 1.82) is 0 Å². The largest absolute Gasteiger partial charge is 0.304 e. The van der Waals surface area contributed by atoms with Crippen LogP contribution in [0.15, 0.2) is 26.8 Å². The van der Waals surface area contributed by atoms with E-state index >= 15 is 0 Å². The van der Waals surface area contributed by atoms with Crippen LogP contribution in [0.3, 0.4) is 0 Å². The topological polar surface area (TPSA) is 24.9 Å². The van der Waals surface area contributed by atoms with Gasteiger partial charge in [0.25, 0.3) is 0 Å². The lowest BCUT2D eigenvalue weighted by atomic mass is 10.2. The fourth-order valence-electron chi connectivity index (χ4n) is 1.50. The number of halogens is 1. The zero-order valence-corrected chi connectivity index (χ0v) is 12.2. The number of thiophene rings is 1. The van der Waals surface area contributed by atoms with E-state index in [-0.39, 0.29) is 6.04 Å². The van der Waals surface area contributed by atoms with Crippen molar-refractivity contribution >= 4 is 38.6 Å². The molecule has 0 aliphatic heterocycles. The highest BCUT2D eigenvalue weighted by Crippen LogP contribution is 2.32. The molecule has 1 atom stereocenters. The molecule has 2 rings (SSSR count). The Morgan fingerprint density at radius 3 is 3.00 bits per heavy atom. The van der Waals surface area contributed by atoms with Crippen LogP contribution in [-0.2, 0) is 0 Å². The summed E-state index contributed by atoms with van der Waals surface area (Å²) in [5, 5.41) is 7.75. The SMILES string of the molecule is CCCNC(c1cscn1)c1sccc1Br. The van der Waals surface area contributed by atoms with Crippen LogP contribution < -0.4 is 5.32 Å². The van der Waals surface area contributed by atoms with Crippen LogP contribution in [0.2, 0.25) is 0 Å². The molecule has 0 radical (unpaired) electrons. The Hall–Kier alpha value is -0.230. The summed E-state index contributed by atoms with van der Waals surface area (Å²) in [6.45, 7) is 3.18. The van der Waals surface area contributed by atoms with Gasteiger partial charge < -0.3 is 5.32 Å². The van der Waals surface area contributed by atoms with E-state index in [1.54, 1.807) is 22.7 Å². The van der Waals surface area contributed by atoms with Crippen LogP contribution in [0, 0.1) is 0 Å². The van der Waals surface area contributed by atoms with E-state index in [0.717, 1.165) is 18.7 Å². The lowest BCUT2D eigenvalue weighted by Gasteiger charge is -2.15. The fourth-order valence-corrected chi connectivity index (χ4v) is 3.76. The van der Waals surface area contributed by atoms with Crippen molar-refractivity contribution in [3.63, 3.8) is 0 Å². The maximum Gasteiger partial charge on any atom is 0.0864 e. The molecular weight excluding hydrogens is 304 g/mol. The monoisotopic (exact) mass is 316 g/mol. The molecule has 0 aliphatic rings. The van der Waals surface area contributed by atoms with Crippen molar-refractivity contribution in [2.75, 3.05) is 6.54 Å². The molecule has 0 spiro atoms. The third-order valence-electron chi connectivity index (χ3n) is 2.25. The van der Waals surface area contributed by atoms with Gasteiger partial charge in [-0.15, -0.1) is 22.7 Å². The first kappa shape index (κ1) is 12.2. The average Bonchev–Trinajstić information content (AvgIpc) is 2.91. The molecular formula is C11H13BrN2S2. The lowest BCUT2D eigenvalue weighted by Crippen LogP contribution is -2.22. The first-order valence-electron chi connectivity index (χ1n) is 5.17. The highest BCUT2D eigenvalue weighted by atomic mass is 79.9. The Labute approximate surface area is 112 Å². The van der Waals surface area contributed by atoms with Crippen LogP contribution in [0.5, 0.6) is 0 Å². The van der Waals surface area contributed by atoms with Crippen molar-refractivity contribution in [3.05, 3.63) is 37.4 Å². The molecule has 0 saturated carbocycles. The third kappa shape index (κ3) is 2.71. The zero-order chi connectivity index (χ0) is 11.4. The van der Waals surface area contributed by atoms with Gasteiger partial charge in [-0.1, -0.05) is 6.92 Å². The summed E-state index contributed by atoms with van der Waals surface area (Å²) < 4.78 is 1.17. The van der Waals surface area contributed by atoms with Crippen LogP contribution in [-0.4, -0.2) is 11.5 Å². The number of aromatic nitrogens is 1. The van der Waals surface area contributed by atoms with Crippen molar-refractivity contribution in [3.8, 4) is 0 Å². The first-order chi connectivity index (χ1) is 7.83. The van der Waals surface area contributed by atoms with Gasteiger partial charge >= 0.3 is 0 Å². The number of hydrogen-bond donors (Lipinski definition) is 1. The fraction of sp³-hybridized carbons (Fsp3) is 0.364. The van der Waals surface area contributed by atoms with Crippen LogP contribution in [0.4, 0.5) is 0 Å². The Morgan fingerprint density at radius 2 is 2.44 bits per heavy atom. The highest BCUT2D eigenvalue weighted by Gasteiger charge is 2.18. The van der Waals surface area contributed by atoms with E-state index in [0.29, 0.717) is 0 Å². The minimum atomic E-state index is 0.223. The summed E-state index contributed by atoms with van der Waals surface area (Å²) >= 11 is 6.99. The molecule has 0 aromatic carbocycles. The molecule has 0 amide bonds. The zero-order valence-electron chi connectivity index (χ0n) is 8.94. The number of nitrogens with zero attached hydrogens (tertiary/aromatic N) is 1. The molecule has 0 bridgehead atoms. The maximum absolute atomic E-state index is 4.41. The van der Waals surface area contributed by atoms with Gasteiger partial charge in [-0.3, -0.25) is 0 Å². The predicted octanol–water partition coefficient (Wildman–Crippen LogP) is 4.06. The molecule has 0 fully saturated rings. The maximum atomic E-state index is 4.41. The molecule has 2 heterocycles. The second-order valence-electron chi connectivity index (χ2n) is 3.43. The molecule has 0 saturated heterocycles. The van der Waals surface area contributed by atoms with Gasteiger partial charge in [0.1, 0.15) is 0 Å². The minimum Gasteiger partial charge on any atom is -0.304 e. The average molecular weight is 317 g/mol. The van der Waals surface area contributed by atoms with E-state index in [1.807, 2.05) is 5.51 Å². The minimum absolute atomic E-state index is 0.223. The first-order valence-corrected chi connectivity index (χ1v) is 7.78. The van der Waals surface area contributed by atoms with Crippen molar-refractivity contribution < 1.29 is 0 Å². The van der Waals surface area contributed by atoms with Gasteiger partial charge in [0.05, 0.1) is 17.2 Å².